The molecule has 8 nitrogen and oxygen atoms in total. The fourth-order valence-corrected chi connectivity index (χ4v) is 2.86. The summed E-state index contributed by atoms with van der Waals surface area (Å²) in [6.07, 6.45) is 0.414. The van der Waals surface area contributed by atoms with Crippen molar-refractivity contribution in [3.63, 3.8) is 0 Å². The summed E-state index contributed by atoms with van der Waals surface area (Å²) in [5, 5.41) is 0. The van der Waals surface area contributed by atoms with Crippen molar-refractivity contribution in [2.75, 3.05) is 32.5 Å². The van der Waals surface area contributed by atoms with Gasteiger partial charge in [-0.2, -0.15) is 4.31 Å². The molecule has 1 rings (SSSR count). The maximum atomic E-state index is 12.2. The van der Waals surface area contributed by atoms with Crippen LogP contribution in [-0.2, 0) is 24.3 Å². The van der Waals surface area contributed by atoms with Crippen LogP contribution in [0.25, 0.3) is 0 Å². The summed E-state index contributed by atoms with van der Waals surface area (Å²) >= 11 is 0. The first-order chi connectivity index (χ1) is 9.95. The van der Waals surface area contributed by atoms with Crippen LogP contribution in [0, 0.1) is 0 Å². The summed E-state index contributed by atoms with van der Waals surface area (Å²) in [5.74, 6) is -0.637. The van der Waals surface area contributed by atoms with Crippen molar-refractivity contribution in [3.8, 4) is 0 Å². The third-order valence-electron chi connectivity index (χ3n) is 3.00. The zero-order chi connectivity index (χ0) is 17.1. The van der Waals surface area contributed by atoms with Crippen LogP contribution in [0.3, 0.4) is 0 Å². The maximum Gasteiger partial charge on any atom is 0.411 e. The third-order valence-corrected chi connectivity index (χ3v) is 4.27. The lowest BCUT2D eigenvalue weighted by Crippen LogP contribution is -2.60. The predicted octanol–water partition coefficient (Wildman–Crippen LogP) is 0.430. The lowest BCUT2D eigenvalue weighted by molar-refractivity contribution is -0.150. The van der Waals surface area contributed by atoms with Gasteiger partial charge in [-0.3, -0.25) is 4.90 Å². The number of hydrogen-bond donors (Lipinski definition) is 0. The Morgan fingerprint density at radius 3 is 2.27 bits per heavy atom. The average molecular weight is 336 g/mol. The number of nitrogens with zero attached hydrogens (tertiary/aromatic N) is 2. The quantitative estimate of drug-likeness (QED) is 0.694. The Morgan fingerprint density at radius 1 is 1.23 bits per heavy atom. The Bertz CT molecular complexity index is 525. The van der Waals surface area contributed by atoms with Gasteiger partial charge in [0.1, 0.15) is 11.6 Å². The molecule has 0 aliphatic carbocycles. The minimum absolute atomic E-state index is 0.0749. The Morgan fingerprint density at radius 2 is 1.82 bits per heavy atom. The van der Waals surface area contributed by atoms with Crippen molar-refractivity contribution in [1.82, 2.24) is 9.21 Å². The molecule has 1 unspecified atom stereocenters. The highest BCUT2D eigenvalue weighted by Crippen LogP contribution is 2.18. The smallest absolute Gasteiger partial charge is 0.411 e. The molecule has 0 N–H and O–H groups in total. The van der Waals surface area contributed by atoms with Gasteiger partial charge in [0.15, 0.2) is 0 Å². The summed E-state index contributed by atoms with van der Waals surface area (Å²) in [6.45, 7) is 7.02. The van der Waals surface area contributed by atoms with Crippen molar-refractivity contribution < 1.29 is 27.5 Å². The van der Waals surface area contributed by atoms with Gasteiger partial charge in [0.05, 0.1) is 12.9 Å². The highest BCUT2D eigenvalue weighted by Gasteiger charge is 2.40. The van der Waals surface area contributed by atoms with E-state index in [0.29, 0.717) is 0 Å². The van der Waals surface area contributed by atoms with Crippen LogP contribution in [0.15, 0.2) is 0 Å². The molecule has 9 heteroatoms. The van der Waals surface area contributed by atoms with E-state index in [9.17, 15) is 18.0 Å². The highest BCUT2D eigenvalue weighted by molar-refractivity contribution is 7.88. The predicted molar refractivity (Wildman–Crippen MR) is 79.8 cm³/mol. The zero-order valence-electron chi connectivity index (χ0n) is 13.7. The molecule has 0 aromatic rings. The summed E-state index contributed by atoms with van der Waals surface area (Å²) in [5.41, 5.74) is -0.704. The van der Waals surface area contributed by atoms with E-state index in [-0.39, 0.29) is 26.2 Å². The van der Waals surface area contributed by atoms with Gasteiger partial charge < -0.3 is 9.47 Å². The van der Waals surface area contributed by atoms with E-state index in [1.807, 2.05) is 0 Å². The standard InChI is InChI=1S/C13H24N2O6S/c1-6-20-11(16)10-9-14(22(5,18)19)7-8-15(10)12(17)21-13(2,3)4/h10H,6-9H2,1-5H3. The number of ether oxygens (including phenoxy) is 2. The lowest BCUT2D eigenvalue weighted by atomic mass is 10.2. The van der Waals surface area contributed by atoms with Crippen molar-refractivity contribution in [1.29, 1.82) is 0 Å². The van der Waals surface area contributed by atoms with E-state index in [0.717, 1.165) is 10.6 Å². The summed E-state index contributed by atoms with van der Waals surface area (Å²) < 4.78 is 34.7. The van der Waals surface area contributed by atoms with Crippen molar-refractivity contribution in [2.24, 2.45) is 0 Å². The van der Waals surface area contributed by atoms with Crippen LogP contribution in [0.5, 0.6) is 0 Å². The van der Waals surface area contributed by atoms with E-state index in [1.54, 1.807) is 27.7 Å². The normalized spacial score (nSPS) is 20.6. The van der Waals surface area contributed by atoms with Crippen molar-refractivity contribution >= 4 is 22.1 Å². The fraction of sp³-hybridized carbons (Fsp3) is 0.846. The topological polar surface area (TPSA) is 93.2 Å². The van der Waals surface area contributed by atoms with Gasteiger partial charge in [-0.25, -0.2) is 18.0 Å². The van der Waals surface area contributed by atoms with Crippen LogP contribution >= 0.6 is 0 Å². The first-order valence-corrected chi connectivity index (χ1v) is 8.92. The van der Waals surface area contributed by atoms with Crippen LogP contribution in [0.4, 0.5) is 4.79 Å². The summed E-state index contributed by atoms with van der Waals surface area (Å²) in [7, 11) is -3.44. The van der Waals surface area contributed by atoms with Gasteiger partial charge in [-0.15, -0.1) is 0 Å². The number of carbonyl (C=O) groups is 2. The molecule has 1 saturated heterocycles. The van der Waals surface area contributed by atoms with Crippen LogP contribution in [0.1, 0.15) is 27.7 Å². The molecule has 1 aliphatic heterocycles. The number of hydrogen-bond acceptors (Lipinski definition) is 6. The molecule has 1 heterocycles. The van der Waals surface area contributed by atoms with E-state index in [1.165, 1.54) is 4.90 Å². The van der Waals surface area contributed by atoms with Crippen LogP contribution < -0.4 is 0 Å². The average Bonchev–Trinajstić information content (AvgIpc) is 2.35. The molecule has 0 saturated carbocycles. The van der Waals surface area contributed by atoms with E-state index in [2.05, 4.69) is 0 Å². The monoisotopic (exact) mass is 336 g/mol. The molecule has 0 aromatic heterocycles. The third kappa shape index (κ3) is 5.13. The molecule has 1 fully saturated rings. The van der Waals surface area contributed by atoms with Crippen molar-refractivity contribution in [3.05, 3.63) is 0 Å². The molecule has 22 heavy (non-hydrogen) atoms. The van der Waals surface area contributed by atoms with Gasteiger partial charge in [0, 0.05) is 19.6 Å². The Kier molecular flexibility index (Phi) is 5.80. The van der Waals surface area contributed by atoms with Crippen LogP contribution in [-0.4, -0.2) is 73.8 Å². The number of amides is 1. The minimum Gasteiger partial charge on any atom is -0.464 e. The Labute approximate surface area is 131 Å². The van der Waals surface area contributed by atoms with E-state index in [4.69, 9.17) is 9.47 Å². The van der Waals surface area contributed by atoms with Gasteiger partial charge >= 0.3 is 12.1 Å². The van der Waals surface area contributed by atoms with Gasteiger partial charge in [-0.1, -0.05) is 0 Å². The number of sulfonamides is 1. The lowest BCUT2D eigenvalue weighted by Gasteiger charge is -2.39. The second-order valence-electron chi connectivity index (χ2n) is 6.06. The number of piperazine rings is 1. The molecule has 0 bridgehead atoms. The molecule has 0 aromatic carbocycles. The minimum atomic E-state index is -3.44. The maximum absolute atomic E-state index is 12.2. The number of rotatable bonds is 3. The van der Waals surface area contributed by atoms with Crippen molar-refractivity contribution in [2.45, 2.75) is 39.3 Å². The molecule has 0 radical (unpaired) electrons. The molecule has 1 aliphatic rings. The molecule has 128 valence electrons. The Balaban J connectivity index is 2.96. The largest absolute Gasteiger partial charge is 0.464 e. The Hall–Kier alpha value is -1.35. The number of esters is 1. The first kappa shape index (κ1) is 18.7. The van der Waals surface area contributed by atoms with Gasteiger partial charge in [0.2, 0.25) is 10.0 Å². The molecular weight excluding hydrogens is 312 g/mol. The fourth-order valence-electron chi connectivity index (χ4n) is 2.04. The highest BCUT2D eigenvalue weighted by atomic mass is 32.2. The number of carbonyl (C=O) groups excluding carboxylic acids is 2. The summed E-state index contributed by atoms with van der Waals surface area (Å²) in [4.78, 5) is 25.5. The summed E-state index contributed by atoms with van der Waals surface area (Å²) in [6, 6.07) is -1.00. The first-order valence-electron chi connectivity index (χ1n) is 7.07. The SMILES string of the molecule is CCOC(=O)C1CN(S(C)(=O)=O)CCN1C(=O)OC(C)(C)C. The second-order valence-corrected chi connectivity index (χ2v) is 8.05. The molecule has 0 spiro atoms. The van der Waals surface area contributed by atoms with Gasteiger partial charge in [-0.05, 0) is 27.7 Å². The van der Waals surface area contributed by atoms with E-state index < -0.39 is 33.7 Å². The molecule has 1 atom stereocenters. The van der Waals surface area contributed by atoms with E-state index >= 15 is 0 Å². The van der Waals surface area contributed by atoms with Gasteiger partial charge in [0.25, 0.3) is 0 Å². The molecular formula is C13H24N2O6S. The van der Waals surface area contributed by atoms with Crippen LogP contribution in [0.2, 0.25) is 0 Å². The molecule has 1 amide bonds. The zero-order valence-corrected chi connectivity index (χ0v) is 14.5. The second kappa shape index (κ2) is 6.82.